The van der Waals surface area contributed by atoms with Crippen LogP contribution < -0.4 is 5.32 Å². The van der Waals surface area contributed by atoms with Crippen molar-refractivity contribution in [2.24, 2.45) is 0 Å². The monoisotopic (exact) mass is 256 g/mol. The molecule has 0 aliphatic carbocycles. The van der Waals surface area contributed by atoms with E-state index in [0.717, 1.165) is 5.56 Å². The molecule has 0 aliphatic heterocycles. The maximum absolute atomic E-state index is 11.9. The van der Waals surface area contributed by atoms with Gasteiger partial charge in [0.25, 0.3) is 5.91 Å². The number of carbonyl (C=O) groups is 1. The van der Waals surface area contributed by atoms with Crippen LogP contribution in [0.2, 0.25) is 0 Å². The van der Waals surface area contributed by atoms with Crippen molar-refractivity contribution in [3.05, 3.63) is 66.0 Å². The zero-order valence-electron chi connectivity index (χ0n) is 10.7. The van der Waals surface area contributed by atoms with Gasteiger partial charge in [0.2, 0.25) is 0 Å². The molecule has 0 saturated carbocycles. The molecule has 1 aromatic heterocycles. The number of aromatic nitrogens is 1. The summed E-state index contributed by atoms with van der Waals surface area (Å²) in [6.45, 7) is 1.88. The Balaban J connectivity index is 2.02. The van der Waals surface area contributed by atoms with Crippen LogP contribution in [0.4, 0.5) is 0 Å². The molecule has 2 rings (SSSR count). The number of nitrogens with one attached hydrogen (secondary N) is 1. The fourth-order valence-corrected chi connectivity index (χ4v) is 1.81. The van der Waals surface area contributed by atoms with Crippen LogP contribution >= 0.6 is 0 Å². The number of amides is 1. The van der Waals surface area contributed by atoms with Gasteiger partial charge in [0.05, 0.1) is 6.04 Å². The fraction of sp³-hybridized carbons (Fsp3) is 0.200. The van der Waals surface area contributed by atoms with Gasteiger partial charge < -0.3 is 10.4 Å². The lowest BCUT2D eigenvalue weighted by Crippen LogP contribution is -2.31. The summed E-state index contributed by atoms with van der Waals surface area (Å²) in [7, 11) is 0. The van der Waals surface area contributed by atoms with Gasteiger partial charge in [-0.25, -0.2) is 0 Å². The Morgan fingerprint density at radius 2 is 1.84 bits per heavy atom. The highest BCUT2D eigenvalue weighted by atomic mass is 16.3. The van der Waals surface area contributed by atoms with Crippen LogP contribution in [0.25, 0.3) is 0 Å². The quantitative estimate of drug-likeness (QED) is 0.879. The van der Waals surface area contributed by atoms with E-state index in [1.807, 2.05) is 37.3 Å². The van der Waals surface area contributed by atoms with E-state index < -0.39 is 12.0 Å². The zero-order valence-corrected chi connectivity index (χ0v) is 10.7. The predicted molar refractivity (Wildman–Crippen MR) is 72.2 cm³/mol. The van der Waals surface area contributed by atoms with E-state index in [9.17, 15) is 9.90 Å². The second-order valence-corrected chi connectivity index (χ2v) is 4.33. The van der Waals surface area contributed by atoms with Gasteiger partial charge in [0, 0.05) is 18.0 Å². The normalized spacial score (nSPS) is 13.6. The number of nitrogens with zero attached hydrogens (tertiary/aromatic N) is 1. The molecule has 0 aliphatic rings. The van der Waals surface area contributed by atoms with Crippen LogP contribution in [0.1, 0.15) is 30.2 Å². The van der Waals surface area contributed by atoms with Gasteiger partial charge in [0.1, 0.15) is 0 Å². The SMILES string of the molecule is CC(NC(=O)C(O)c1cccnc1)c1ccccc1. The zero-order chi connectivity index (χ0) is 13.7. The number of aliphatic hydroxyl groups is 1. The third-order valence-corrected chi connectivity index (χ3v) is 2.91. The minimum atomic E-state index is -1.19. The second kappa shape index (κ2) is 6.11. The molecule has 2 atom stereocenters. The smallest absolute Gasteiger partial charge is 0.254 e. The molecule has 0 saturated heterocycles. The summed E-state index contributed by atoms with van der Waals surface area (Å²) in [5.41, 5.74) is 1.48. The summed E-state index contributed by atoms with van der Waals surface area (Å²) in [6.07, 6.45) is 1.89. The molecule has 98 valence electrons. The van der Waals surface area contributed by atoms with E-state index in [0.29, 0.717) is 5.56 Å². The van der Waals surface area contributed by atoms with Crippen LogP contribution in [0.3, 0.4) is 0 Å². The molecule has 1 aromatic carbocycles. The first-order chi connectivity index (χ1) is 9.18. The Bertz CT molecular complexity index is 528. The molecule has 1 heterocycles. The Labute approximate surface area is 112 Å². The van der Waals surface area contributed by atoms with Crippen molar-refractivity contribution < 1.29 is 9.90 Å². The molecular weight excluding hydrogens is 240 g/mol. The second-order valence-electron chi connectivity index (χ2n) is 4.33. The number of carbonyl (C=O) groups excluding carboxylic acids is 1. The van der Waals surface area contributed by atoms with E-state index >= 15 is 0 Å². The lowest BCUT2D eigenvalue weighted by Gasteiger charge is -2.17. The highest BCUT2D eigenvalue weighted by molar-refractivity contribution is 5.82. The lowest BCUT2D eigenvalue weighted by molar-refractivity contribution is -0.130. The van der Waals surface area contributed by atoms with E-state index in [2.05, 4.69) is 10.3 Å². The summed E-state index contributed by atoms with van der Waals surface area (Å²) in [5.74, 6) is -0.427. The maximum Gasteiger partial charge on any atom is 0.254 e. The van der Waals surface area contributed by atoms with E-state index in [1.54, 1.807) is 18.3 Å². The molecule has 0 bridgehead atoms. The summed E-state index contributed by atoms with van der Waals surface area (Å²) in [6, 6.07) is 12.8. The van der Waals surface area contributed by atoms with Crippen molar-refractivity contribution in [1.29, 1.82) is 0 Å². The highest BCUT2D eigenvalue weighted by Gasteiger charge is 2.19. The minimum absolute atomic E-state index is 0.153. The molecule has 1 amide bonds. The Kier molecular flexibility index (Phi) is 4.26. The van der Waals surface area contributed by atoms with Crippen LogP contribution in [-0.2, 0) is 4.79 Å². The molecule has 2 aromatic rings. The molecular formula is C15H16N2O2. The number of aliphatic hydroxyl groups excluding tert-OH is 1. The number of pyridine rings is 1. The van der Waals surface area contributed by atoms with Crippen LogP contribution in [0.15, 0.2) is 54.9 Å². The molecule has 0 radical (unpaired) electrons. The summed E-state index contributed by atoms with van der Waals surface area (Å²) in [4.78, 5) is 15.8. The first-order valence-electron chi connectivity index (χ1n) is 6.12. The average molecular weight is 256 g/mol. The van der Waals surface area contributed by atoms with Gasteiger partial charge in [-0.3, -0.25) is 9.78 Å². The number of benzene rings is 1. The first-order valence-corrected chi connectivity index (χ1v) is 6.12. The van der Waals surface area contributed by atoms with Crippen molar-refractivity contribution in [3.8, 4) is 0 Å². The van der Waals surface area contributed by atoms with Crippen molar-refractivity contribution >= 4 is 5.91 Å². The van der Waals surface area contributed by atoms with Gasteiger partial charge in [-0.05, 0) is 18.6 Å². The third-order valence-electron chi connectivity index (χ3n) is 2.91. The van der Waals surface area contributed by atoms with Crippen molar-refractivity contribution in [2.75, 3.05) is 0 Å². The molecule has 4 heteroatoms. The van der Waals surface area contributed by atoms with Gasteiger partial charge in [-0.15, -0.1) is 0 Å². The van der Waals surface area contributed by atoms with E-state index in [-0.39, 0.29) is 6.04 Å². The van der Waals surface area contributed by atoms with Gasteiger partial charge in [-0.1, -0.05) is 36.4 Å². The fourth-order valence-electron chi connectivity index (χ4n) is 1.81. The Morgan fingerprint density at radius 1 is 1.16 bits per heavy atom. The van der Waals surface area contributed by atoms with Crippen LogP contribution in [0, 0.1) is 0 Å². The van der Waals surface area contributed by atoms with Gasteiger partial charge in [0.15, 0.2) is 6.10 Å². The lowest BCUT2D eigenvalue weighted by atomic mass is 10.1. The summed E-state index contributed by atoms with van der Waals surface area (Å²) in [5, 5.41) is 12.7. The van der Waals surface area contributed by atoms with E-state index in [1.165, 1.54) is 6.20 Å². The maximum atomic E-state index is 11.9. The summed E-state index contributed by atoms with van der Waals surface area (Å²) < 4.78 is 0. The average Bonchev–Trinajstić information content (AvgIpc) is 2.48. The first kappa shape index (κ1) is 13.2. The molecule has 4 nitrogen and oxygen atoms in total. The number of hydrogen-bond donors (Lipinski definition) is 2. The predicted octanol–water partition coefficient (Wildman–Crippen LogP) is 1.99. The van der Waals surface area contributed by atoms with Crippen molar-refractivity contribution in [1.82, 2.24) is 10.3 Å². The third kappa shape index (κ3) is 3.39. The van der Waals surface area contributed by atoms with Crippen LogP contribution in [-0.4, -0.2) is 16.0 Å². The Hall–Kier alpha value is -2.20. The minimum Gasteiger partial charge on any atom is -0.378 e. The van der Waals surface area contributed by atoms with Crippen molar-refractivity contribution in [3.63, 3.8) is 0 Å². The van der Waals surface area contributed by atoms with Gasteiger partial charge >= 0.3 is 0 Å². The molecule has 19 heavy (non-hydrogen) atoms. The van der Waals surface area contributed by atoms with Crippen molar-refractivity contribution in [2.45, 2.75) is 19.1 Å². The molecule has 0 spiro atoms. The Morgan fingerprint density at radius 3 is 2.47 bits per heavy atom. The molecule has 2 N–H and O–H groups in total. The number of rotatable bonds is 4. The standard InChI is InChI=1S/C15H16N2O2/c1-11(12-6-3-2-4-7-12)17-15(19)14(18)13-8-5-9-16-10-13/h2-11,14,18H,1H3,(H,17,19). The molecule has 0 fully saturated rings. The molecule has 2 unspecified atom stereocenters. The summed E-state index contributed by atoms with van der Waals surface area (Å²) >= 11 is 0. The topological polar surface area (TPSA) is 62.2 Å². The highest BCUT2D eigenvalue weighted by Crippen LogP contribution is 2.15. The van der Waals surface area contributed by atoms with Gasteiger partial charge in [-0.2, -0.15) is 0 Å². The number of hydrogen-bond acceptors (Lipinski definition) is 3. The van der Waals surface area contributed by atoms with E-state index in [4.69, 9.17) is 0 Å². The largest absolute Gasteiger partial charge is 0.378 e. The van der Waals surface area contributed by atoms with Crippen LogP contribution in [0.5, 0.6) is 0 Å².